The summed E-state index contributed by atoms with van der Waals surface area (Å²) < 4.78 is 5.25. The van der Waals surface area contributed by atoms with Crippen molar-refractivity contribution in [2.24, 2.45) is 0 Å². The number of carbonyl (C=O) groups excluding carboxylic acids is 2. The molecule has 0 aliphatic carbocycles. The lowest BCUT2D eigenvalue weighted by atomic mass is 10.1. The summed E-state index contributed by atoms with van der Waals surface area (Å²) in [6.07, 6.45) is 6.22. The van der Waals surface area contributed by atoms with E-state index in [9.17, 15) is 9.59 Å². The van der Waals surface area contributed by atoms with E-state index in [1.807, 2.05) is 47.1 Å². The lowest BCUT2D eigenvalue weighted by Crippen LogP contribution is -2.50. The molecule has 2 amide bonds. The van der Waals surface area contributed by atoms with Crippen molar-refractivity contribution < 1.29 is 14.3 Å². The van der Waals surface area contributed by atoms with Crippen LogP contribution in [0.5, 0.6) is 5.75 Å². The van der Waals surface area contributed by atoms with Crippen LogP contribution in [0.15, 0.2) is 35.5 Å². The van der Waals surface area contributed by atoms with Gasteiger partial charge in [0.2, 0.25) is 11.8 Å². The van der Waals surface area contributed by atoms with Crippen molar-refractivity contribution in [2.45, 2.75) is 55.9 Å². The summed E-state index contributed by atoms with van der Waals surface area (Å²) in [4.78, 5) is 40.0. The predicted molar refractivity (Wildman–Crippen MR) is 129 cm³/mol. The maximum Gasteiger partial charge on any atom is 0.245 e. The standard InChI is InChI=1S/C25H32N4O3S/c1-18-17-21(19-9-11-20(32-2)12-10-19)27-25(26-18)33-22(23(30)28-13-5-3-6-14-28)24(31)29-15-7-4-8-16-29/h9-12,17,22H,3-8,13-16H2,1-2H3. The number of aryl methyl sites for hydroxylation is 1. The van der Waals surface area contributed by atoms with Crippen molar-refractivity contribution in [1.82, 2.24) is 19.8 Å². The molecule has 2 aromatic rings. The van der Waals surface area contributed by atoms with Gasteiger partial charge < -0.3 is 14.5 Å². The Morgan fingerprint density at radius 3 is 1.94 bits per heavy atom. The highest BCUT2D eigenvalue weighted by molar-refractivity contribution is 8.01. The second-order valence-corrected chi connectivity index (χ2v) is 9.75. The highest BCUT2D eigenvalue weighted by atomic mass is 32.2. The average Bonchev–Trinajstić information content (AvgIpc) is 2.87. The molecule has 0 atom stereocenters. The molecule has 0 saturated carbocycles. The van der Waals surface area contributed by atoms with E-state index in [1.54, 1.807) is 7.11 Å². The maximum atomic E-state index is 13.5. The predicted octanol–water partition coefficient (Wildman–Crippen LogP) is 3.95. The number of ether oxygens (including phenoxy) is 1. The lowest BCUT2D eigenvalue weighted by Gasteiger charge is -2.33. The molecular formula is C25H32N4O3S. The number of hydrogen-bond donors (Lipinski definition) is 0. The van der Waals surface area contributed by atoms with Gasteiger partial charge in [0.1, 0.15) is 5.75 Å². The SMILES string of the molecule is COc1ccc(-c2cc(C)nc(SC(C(=O)N3CCCCC3)C(=O)N3CCCCC3)n2)cc1. The van der Waals surface area contributed by atoms with Gasteiger partial charge >= 0.3 is 0 Å². The summed E-state index contributed by atoms with van der Waals surface area (Å²) in [5, 5.41) is -0.381. The Morgan fingerprint density at radius 2 is 1.42 bits per heavy atom. The Hall–Kier alpha value is -2.61. The Kier molecular flexibility index (Phi) is 7.85. The van der Waals surface area contributed by atoms with Gasteiger partial charge in [0, 0.05) is 37.4 Å². The van der Waals surface area contributed by atoms with Gasteiger partial charge in [-0.15, -0.1) is 0 Å². The molecule has 0 unspecified atom stereocenters. The molecule has 1 aromatic carbocycles. The van der Waals surface area contributed by atoms with Gasteiger partial charge in [-0.2, -0.15) is 0 Å². The Balaban J connectivity index is 1.60. The number of likely N-dealkylation sites (tertiary alicyclic amines) is 2. The van der Waals surface area contributed by atoms with E-state index in [-0.39, 0.29) is 11.8 Å². The first-order valence-electron chi connectivity index (χ1n) is 11.8. The molecule has 8 heteroatoms. The van der Waals surface area contributed by atoms with Gasteiger partial charge in [-0.25, -0.2) is 9.97 Å². The van der Waals surface area contributed by atoms with E-state index in [0.717, 1.165) is 87.4 Å². The van der Waals surface area contributed by atoms with Crippen molar-refractivity contribution in [2.75, 3.05) is 33.3 Å². The molecule has 4 rings (SSSR count). The summed E-state index contributed by atoms with van der Waals surface area (Å²) in [7, 11) is 1.64. The van der Waals surface area contributed by atoms with E-state index in [2.05, 4.69) is 4.98 Å². The van der Waals surface area contributed by atoms with Crippen molar-refractivity contribution in [1.29, 1.82) is 0 Å². The molecule has 0 radical (unpaired) electrons. The van der Waals surface area contributed by atoms with Gasteiger partial charge in [-0.1, -0.05) is 11.8 Å². The van der Waals surface area contributed by atoms with Crippen molar-refractivity contribution in [3.63, 3.8) is 0 Å². The van der Waals surface area contributed by atoms with Crippen molar-refractivity contribution >= 4 is 23.6 Å². The first-order chi connectivity index (χ1) is 16.0. The topological polar surface area (TPSA) is 75.6 Å². The van der Waals surface area contributed by atoms with Gasteiger partial charge in [0.25, 0.3) is 0 Å². The second kappa shape index (κ2) is 11.0. The van der Waals surface area contributed by atoms with Crippen LogP contribution in [0.1, 0.15) is 44.2 Å². The van der Waals surface area contributed by atoms with Gasteiger partial charge in [0.15, 0.2) is 10.4 Å². The fraction of sp³-hybridized carbons (Fsp3) is 0.520. The summed E-state index contributed by atoms with van der Waals surface area (Å²) in [5.74, 6) is 0.566. The minimum atomic E-state index is -0.841. The maximum absolute atomic E-state index is 13.5. The fourth-order valence-electron chi connectivity index (χ4n) is 4.38. The van der Waals surface area contributed by atoms with Gasteiger partial charge in [0.05, 0.1) is 12.8 Å². The van der Waals surface area contributed by atoms with E-state index in [0.29, 0.717) is 5.16 Å². The first kappa shape index (κ1) is 23.5. The highest BCUT2D eigenvalue weighted by Gasteiger charge is 2.36. The van der Waals surface area contributed by atoms with Crippen LogP contribution in [0.4, 0.5) is 0 Å². The van der Waals surface area contributed by atoms with E-state index >= 15 is 0 Å². The zero-order valence-corrected chi connectivity index (χ0v) is 20.3. The monoisotopic (exact) mass is 468 g/mol. The smallest absolute Gasteiger partial charge is 0.245 e. The number of piperidine rings is 2. The third-order valence-electron chi connectivity index (χ3n) is 6.23. The molecule has 2 saturated heterocycles. The van der Waals surface area contributed by atoms with Crippen LogP contribution in [0.2, 0.25) is 0 Å². The van der Waals surface area contributed by atoms with E-state index < -0.39 is 5.25 Å². The summed E-state index contributed by atoms with van der Waals surface area (Å²) in [6.45, 7) is 4.78. The number of hydrogen-bond acceptors (Lipinski definition) is 6. The van der Waals surface area contributed by atoms with Crippen LogP contribution in [0.25, 0.3) is 11.3 Å². The molecule has 2 aliphatic heterocycles. The minimum Gasteiger partial charge on any atom is -0.497 e. The molecule has 1 aromatic heterocycles. The molecule has 2 aliphatic rings. The molecule has 3 heterocycles. The normalized spacial score (nSPS) is 16.7. The van der Waals surface area contributed by atoms with Crippen LogP contribution in [0.3, 0.4) is 0 Å². The number of amides is 2. The van der Waals surface area contributed by atoms with Crippen LogP contribution >= 0.6 is 11.8 Å². The lowest BCUT2D eigenvalue weighted by molar-refractivity contribution is -0.140. The molecule has 176 valence electrons. The molecule has 0 N–H and O–H groups in total. The van der Waals surface area contributed by atoms with E-state index in [1.165, 1.54) is 11.8 Å². The molecule has 0 spiro atoms. The largest absolute Gasteiger partial charge is 0.497 e. The second-order valence-electron chi connectivity index (χ2n) is 8.68. The fourth-order valence-corrected chi connectivity index (χ4v) is 5.43. The Labute approximate surface area is 199 Å². The van der Waals surface area contributed by atoms with E-state index in [4.69, 9.17) is 9.72 Å². The zero-order valence-electron chi connectivity index (χ0n) is 19.5. The number of benzene rings is 1. The number of carbonyl (C=O) groups is 2. The Bertz CT molecular complexity index is 940. The van der Waals surface area contributed by atoms with Gasteiger partial charge in [-0.05, 0) is 75.8 Å². The third kappa shape index (κ3) is 5.85. The highest BCUT2D eigenvalue weighted by Crippen LogP contribution is 2.29. The molecule has 33 heavy (non-hydrogen) atoms. The average molecular weight is 469 g/mol. The number of methoxy groups -OCH3 is 1. The van der Waals surface area contributed by atoms with Crippen molar-refractivity contribution in [3.8, 4) is 17.0 Å². The zero-order chi connectivity index (χ0) is 23.2. The summed E-state index contributed by atoms with van der Waals surface area (Å²) in [5.41, 5.74) is 2.50. The number of nitrogens with zero attached hydrogens (tertiary/aromatic N) is 4. The third-order valence-corrected chi connectivity index (χ3v) is 7.26. The van der Waals surface area contributed by atoms with Crippen LogP contribution in [-0.2, 0) is 9.59 Å². The van der Waals surface area contributed by atoms with Gasteiger partial charge in [-0.3, -0.25) is 9.59 Å². The van der Waals surface area contributed by atoms with Crippen LogP contribution in [-0.4, -0.2) is 70.1 Å². The molecular weight excluding hydrogens is 436 g/mol. The Morgan fingerprint density at radius 1 is 0.879 bits per heavy atom. The number of aromatic nitrogens is 2. The number of thioether (sulfide) groups is 1. The molecule has 2 fully saturated rings. The number of rotatable bonds is 6. The van der Waals surface area contributed by atoms with Crippen LogP contribution < -0.4 is 4.74 Å². The molecule has 0 bridgehead atoms. The molecule has 7 nitrogen and oxygen atoms in total. The quantitative estimate of drug-likeness (QED) is 0.363. The van der Waals surface area contributed by atoms with Crippen LogP contribution in [0, 0.1) is 6.92 Å². The summed E-state index contributed by atoms with van der Waals surface area (Å²) >= 11 is 1.19. The summed E-state index contributed by atoms with van der Waals surface area (Å²) in [6, 6.07) is 9.60. The minimum absolute atomic E-state index is 0.105. The van der Waals surface area contributed by atoms with Crippen molar-refractivity contribution in [3.05, 3.63) is 36.0 Å². The first-order valence-corrected chi connectivity index (χ1v) is 12.7.